The van der Waals surface area contributed by atoms with Gasteiger partial charge in [-0.05, 0) is 18.1 Å². The summed E-state index contributed by atoms with van der Waals surface area (Å²) in [4.78, 5) is 0. The molecule has 0 amide bonds. The average molecular weight is 368 g/mol. The van der Waals surface area contributed by atoms with Gasteiger partial charge in [-0.2, -0.15) is 8.42 Å². The maximum Gasteiger partial charge on any atom is 0.333 e. The topological polar surface area (TPSA) is 78.6 Å². The van der Waals surface area contributed by atoms with E-state index in [-0.39, 0.29) is 17.7 Å². The average Bonchev–Trinajstić information content (AvgIpc) is 2.20. The molecule has 0 aliphatic rings. The van der Waals surface area contributed by atoms with Crippen LogP contribution in [0.3, 0.4) is 0 Å². The van der Waals surface area contributed by atoms with Crippen molar-refractivity contribution in [3.63, 3.8) is 0 Å². The van der Waals surface area contributed by atoms with Crippen molar-refractivity contribution >= 4 is 26.7 Å². The lowest BCUT2D eigenvalue weighted by molar-refractivity contribution is 0.185. The first-order chi connectivity index (χ1) is 9.54. The van der Waals surface area contributed by atoms with E-state index in [9.17, 15) is 8.42 Å². The Balaban J connectivity index is 4.99. The van der Waals surface area contributed by atoms with Crippen LogP contribution >= 0.6 is 0 Å². The minimum atomic E-state index is -3.89. The molecule has 0 aliphatic carbocycles. The first kappa shape index (κ1) is 22.0. The van der Waals surface area contributed by atoms with Crippen molar-refractivity contribution < 1.29 is 17.0 Å². The minimum absolute atomic E-state index is 0.0359. The van der Waals surface area contributed by atoms with Crippen molar-refractivity contribution in [3.05, 3.63) is 11.8 Å². The lowest BCUT2D eigenvalue weighted by Gasteiger charge is -2.38. The molecular weight excluding hydrogens is 334 g/mol. The standard InChI is InChI=1S/C14H33NO4SSi2/c1-14(2,3)22(7,8)19-13(10-12-21(4,5)6)9-11-18-20(15,16)17/h10,12-13H,9,11H2,1-8H3,(H2,15,16,17)/b12-10-/t13-/m0/s1. The highest BCUT2D eigenvalue weighted by Gasteiger charge is 2.38. The van der Waals surface area contributed by atoms with Crippen LogP contribution < -0.4 is 5.14 Å². The van der Waals surface area contributed by atoms with Crippen molar-refractivity contribution in [1.29, 1.82) is 0 Å². The molecule has 5 nitrogen and oxygen atoms in total. The predicted molar refractivity (Wildman–Crippen MR) is 98.2 cm³/mol. The second kappa shape index (κ2) is 7.72. The van der Waals surface area contributed by atoms with Crippen molar-refractivity contribution in [2.45, 2.75) is 71.1 Å². The molecule has 0 fully saturated rings. The van der Waals surface area contributed by atoms with Crippen molar-refractivity contribution in [2.24, 2.45) is 5.14 Å². The van der Waals surface area contributed by atoms with E-state index in [0.717, 1.165) is 0 Å². The highest BCUT2D eigenvalue weighted by Crippen LogP contribution is 2.37. The molecule has 0 bridgehead atoms. The molecule has 1 atom stereocenters. The monoisotopic (exact) mass is 367 g/mol. The summed E-state index contributed by atoms with van der Waals surface area (Å²) in [6.07, 6.45) is 2.40. The molecule has 2 N–H and O–H groups in total. The molecule has 22 heavy (non-hydrogen) atoms. The smallest absolute Gasteiger partial charge is 0.333 e. The maximum absolute atomic E-state index is 10.9. The molecule has 8 heteroatoms. The third-order valence-electron chi connectivity index (χ3n) is 3.71. The van der Waals surface area contributed by atoms with Gasteiger partial charge in [0.25, 0.3) is 0 Å². The third-order valence-corrected chi connectivity index (χ3v) is 9.91. The summed E-state index contributed by atoms with van der Waals surface area (Å²) in [5.74, 6) is 0. The lowest BCUT2D eigenvalue weighted by atomic mass is 10.2. The summed E-state index contributed by atoms with van der Waals surface area (Å²) >= 11 is 0. The highest BCUT2D eigenvalue weighted by atomic mass is 32.2. The van der Waals surface area contributed by atoms with Gasteiger partial charge < -0.3 is 4.43 Å². The Morgan fingerprint density at radius 1 is 1.14 bits per heavy atom. The SMILES string of the molecule is CC(C)(C)[Si](C)(C)O[C@H](/C=C\[Si](C)(C)C)CCOS(N)(=O)=O. The second-order valence-corrected chi connectivity index (χ2v) is 19.3. The minimum Gasteiger partial charge on any atom is -0.410 e. The van der Waals surface area contributed by atoms with Gasteiger partial charge >= 0.3 is 10.3 Å². The van der Waals surface area contributed by atoms with Crippen LogP contribution in [-0.2, 0) is 18.9 Å². The van der Waals surface area contributed by atoms with Gasteiger partial charge in [0.1, 0.15) is 0 Å². The fourth-order valence-corrected chi connectivity index (χ4v) is 3.85. The van der Waals surface area contributed by atoms with Gasteiger partial charge in [-0.15, -0.1) is 0 Å². The second-order valence-electron chi connectivity index (χ2n) is 8.25. The van der Waals surface area contributed by atoms with Crippen molar-refractivity contribution in [2.75, 3.05) is 6.61 Å². The summed E-state index contributed by atoms with van der Waals surface area (Å²) in [5.41, 5.74) is 2.22. The molecule has 0 heterocycles. The normalized spacial score (nSPS) is 16.2. The lowest BCUT2D eigenvalue weighted by Crippen LogP contribution is -2.44. The van der Waals surface area contributed by atoms with E-state index in [2.05, 4.69) is 69.5 Å². The molecule has 0 aromatic rings. The van der Waals surface area contributed by atoms with Crippen LogP contribution in [0, 0.1) is 0 Å². The van der Waals surface area contributed by atoms with Crippen LogP contribution in [0.1, 0.15) is 27.2 Å². The summed E-state index contributed by atoms with van der Waals surface area (Å²) in [5, 5.41) is 4.96. The van der Waals surface area contributed by atoms with E-state index in [4.69, 9.17) is 9.56 Å². The van der Waals surface area contributed by atoms with Crippen LogP contribution in [0.2, 0.25) is 37.8 Å². The van der Waals surface area contributed by atoms with Crippen LogP contribution in [0.15, 0.2) is 11.8 Å². The van der Waals surface area contributed by atoms with Crippen LogP contribution in [0.25, 0.3) is 0 Å². The van der Waals surface area contributed by atoms with Gasteiger partial charge in [0.15, 0.2) is 8.32 Å². The number of hydrogen-bond donors (Lipinski definition) is 1. The number of hydrogen-bond acceptors (Lipinski definition) is 4. The van der Waals surface area contributed by atoms with E-state index in [1.54, 1.807) is 0 Å². The van der Waals surface area contributed by atoms with Gasteiger partial charge in [0.2, 0.25) is 0 Å². The van der Waals surface area contributed by atoms with Gasteiger partial charge in [0, 0.05) is 6.42 Å². The van der Waals surface area contributed by atoms with E-state index in [0.29, 0.717) is 6.42 Å². The molecule has 0 aliphatic heterocycles. The molecule has 0 aromatic heterocycles. The Hall–Kier alpha value is 0.00377. The Bertz CT molecular complexity index is 476. The molecule has 132 valence electrons. The Morgan fingerprint density at radius 3 is 2.00 bits per heavy atom. The first-order valence-corrected chi connectivity index (χ1v) is 15.5. The Kier molecular flexibility index (Phi) is 7.72. The Morgan fingerprint density at radius 2 is 1.64 bits per heavy atom. The summed E-state index contributed by atoms with van der Waals surface area (Å²) < 4.78 is 32.8. The highest BCUT2D eigenvalue weighted by molar-refractivity contribution is 7.84. The number of rotatable bonds is 8. The molecule has 0 radical (unpaired) electrons. The molecule has 0 aromatic carbocycles. The first-order valence-electron chi connectivity index (χ1n) is 7.58. The fraction of sp³-hybridized carbons (Fsp3) is 0.857. The summed E-state index contributed by atoms with van der Waals surface area (Å²) in [7, 11) is -7.17. The van der Waals surface area contributed by atoms with E-state index < -0.39 is 26.7 Å². The third kappa shape index (κ3) is 9.91. The van der Waals surface area contributed by atoms with Gasteiger partial charge in [-0.1, -0.05) is 52.2 Å². The van der Waals surface area contributed by atoms with Crippen molar-refractivity contribution in [3.8, 4) is 0 Å². The van der Waals surface area contributed by atoms with E-state index in [1.165, 1.54) is 0 Å². The van der Waals surface area contributed by atoms with Gasteiger partial charge in [-0.25, -0.2) is 5.14 Å². The van der Waals surface area contributed by atoms with E-state index in [1.807, 2.05) is 0 Å². The predicted octanol–water partition coefficient (Wildman–Crippen LogP) is 3.42. The molecule has 0 spiro atoms. The Labute approximate surface area is 138 Å². The molecule has 0 unspecified atom stereocenters. The molecule has 0 rings (SSSR count). The number of nitrogens with two attached hydrogens (primary N) is 1. The van der Waals surface area contributed by atoms with Gasteiger partial charge in [-0.3, -0.25) is 4.18 Å². The van der Waals surface area contributed by atoms with Gasteiger partial charge in [0.05, 0.1) is 20.8 Å². The largest absolute Gasteiger partial charge is 0.410 e. The quantitative estimate of drug-likeness (QED) is 0.667. The zero-order valence-corrected chi connectivity index (χ0v) is 18.1. The maximum atomic E-state index is 10.9. The zero-order chi connectivity index (χ0) is 17.8. The summed E-state index contributed by atoms with van der Waals surface area (Å²) in [6, 6.07) is 0. The zero-order valence-electron chi connectivity index (χ0n) is 15.3. The molecule has 0 saturated carbocycles. The molecule has 0 saturated heterocycles. The van der Waals surface area contributed by atoms with Crippen molar-refractivity contribution in [1.82, 2.24) is 0 Å². The fourth-order valence-electron chi connectivity index (χ4n) is 1.43. The van der Waals surface area contributed by atoms with E-state index >= 15 is 0 Å². The van der Waals surface area contributed by atoms with Crippen LogP contribution in [-0.4, -0.2) is 37.5 Å². The molecular formula is C14H33NO4SSi2. The van der Waals surface area contributed by atoms with Crippen LogP contribution in [0.4, 0.5) is 0 Å². The summed E-state index contributed by atoms with van der Waals surface area (Å²) in [6.45, 7) is 17.7. The van der Waals surface area contributed by atoms with Crippen LogP contribution in [0.5, 0.6) is 0 Å².